The van der Waals surface area contributed by atoms with E-state index in [2.05, 4.69) is 9.84 Å². The molecule has 0 aromatic carbocycles. The first kappa shape index (κ1) is 7.94. The lowest BCUT2D eigenvalue weighted by molar-refractivity contribution is -0.132. The quantitative estimate of drug-likeness (QED) is 0.229. The van der Waals surface area contributed by atoms with Crippen LogP contribution in [0.3, 0.4) is 0 Å². The largest absolute Gasteiger partial charge is 0.413 e. The fourth-order valence-corrected chi connectivity index (χ4v) is 0.192. The minimum absolute atomic E-state index is 0.361. The van der Waals surface area contributed by atoms with Gasteiger partial charge in [-0.2, -0.15) is 0 Å². The number of nitrogens with zero attached hydrogens (tertiary/aromatic N) is 2. The maximum Gasteiger partial charge on any atom is 0.308 e. The molecule has 0 bridgehead atoms. The van der Waals surface area contributed by atoms with Crippen LogP contribution < -0.4 is 0 Å². The van der Waals surface area contributed by atoms with Gasteiger partial charge in [-0.1, -0.05) is 0 Å². The molecule has 0 rings (SSSR count). The van der Waals surface area contributed by atoms with Crippen molar-refractivity contribution >= 4 is 12.4 Å². The smallest absolute Gasteiger partial charge is 0.308 e. The Morgan fingerprint density at radius 2 is 2.22 bits per heavy atom. The molecule has 0 aromatic heterocycles. The Bertz CT molecular complexity index is 120. The van der Waals surface area contributed by atoms with Crippen LogP contribution in [0.4, 0.5) is 0 Å². The summed E-state index contributed by atoms with van der Waals surface area (Å²) in [5.41, 5.74) is 0. The van der Waals surface area contributed by atoms with Crippen molar-refractivity contribution in [2.24, 2.45) is 5.10 Å². The van der Waals surface area contributed by atoms with Gasteiger partial charge in [0.25, 0.3) is 0 Å². The second-order valence-electron chi connectivity index (χ2n) is 1.68. The summed E-state index contributed by atoms with van der Waals surface area (Å²) >= 11 is 0. The molecule has 0 saturated carbocycles. The third-order valence-electron chi connectivity index (χ3n) is 0.497. The topological polar surface area (TPSA) is 41.9 Å². The van der Waals surface area contributed by atoms with Crippen molar-refractivity contribution in [2.45, 2.75) is 6.92 Å². The van der Waals surface area contributed by atoms with E-state index >= 15 is 0 Å². The second kappa shape index (κ2) is 3.88. The third-order valence-corrected chi connectivity index (χ3v) is 0.497. The molecule has 0 fully saturated rings. The minimum atomic E-state index is -0.361. The number of hydrazone groups is 1. The van der Waals surface area contributed by atoms with Gasteiger partial charge in [0, 0.05) is 21.0 Å². The summed E-state index contributed by atoms with van der Waals surface area (Å²) in [4.78, 5) is 10.1. The first-order chi connectivity index (χ1) is 4.13. The van der Waals surface area contributed by atoms with E-state index in [0.717, 1.165) is 6.40 Å². The van der Waals surface area contributed by atoms with E-state index < -0.39 is 0 Å². The molecule has 0 aliphatic carbocycles. The van der Waals surface area contributed by atoms with Crippen LogP contribution in [0.5, 0.6) is 0 Å². The van der Waals surface area contributed by atoms with Crippen molar-refractivity contribution in [1.29, 1.82) is 0 Å². The predicted octanol–water partition coefficient (Wildman–Crippen LogP) is 0.0544. The van der Waals surface area contributed by atoms with Crippen LogP contribution in [-0.2, 0) is 9.53 Å². The van der Waals surface area contributed by atoms with Crippen molar-refractivity contribution in [3.8, 4) is 0 Å². The van der Waals surface area contributed by atoms with Gasteiger partial charge in [-0.25, -0.2) is 0 Å². The number of rotatable bonds is 2. The molecular formula is C5H10N2O2. The van der Waals surface area contributed by atoms with Crippen LogP contribution in [0.1, 0.15) is 6.92 Å². The predicted molar refractivity (Wildman–Crippen MR) is 33.9 cm³/mol. The molecule has 0 radical (unpaired) electrons. The maximum absolute atomic E-state index is 10.1. The molecule has 0 spiro atoms. The number of hydrogen-bond acceptors (Lipinski definition) is 4. The Labute approximate surface area is 54.1 Å². The molecule has 0 unspecified atom stereocenters. The summed E-state index contributed by atoms with van der Waals surface area (Å²) in [6, 6.07) is 0. The maximum atomic E-state index is 10.1. The number of esters is 1. The van der Waals surface area contributed by atoms with Gasteiger partial charge in [0.1, 0.15) is 0 Å². The zero-order chi connectivity index (χ0) is 7.28. The molecule has 0 aliphatic rings. The lowest BCUT2D eigenvalue weighted by Crippen LogP contribution is -2.04. The zero-order valence-electron chi connectivity index (χ0n) is 5.79. The fraction of sp³-hybridized carbons (Fsp3) is 0.600. The lowest BCUT2D eigenvalue weighted by Gasteiger charge is -2.00. The highest BCUT2D eigenvalue weighted by Gasteiger charge is 1.84. The van der Waals surface area contributed by atoms with E-state index in [1.807, 2.05) is 0 Å². The van der Waals surface area contributed by atoms with Crippen molar-refractivity contribution in [3.05, 3.63) is 0 Å². The SMILES string of the molecule is CC(=O)O/C=N\N(C)C. The molecule has 0 atom stereocenters. The standard InChI is InChI=1S/C5H10N2O2/c1-5(8)9-4-6-7(2)3/h4H,1-3H3/b6-4-. The Hall–Kier alpha value is -1.06. The molecule has 0 N–H and O–H groups in total. The van der Waals surface area contributed by atoms with Gasteiger partial charge in [-0.15, -0.1) is 5.10 Å². The van der Waals surface area contributed by atoms with E-state index in [0.29, 0.717) is 0 Å². The lowest BCUT2D eigenvalue weighted by atomic mass is 10.8. The van der Waals surface area contributed by atoms with E-state index in [4.69, 9.17) is 0 Å². The number of carbonyl (C=O) groups excluding carboxylic acids is 1. The van der Waals surface area contributed by atoms with Gasteiger partial charge in [-0.05, 0) is 0 Å². The highest BCUT2D eigenvalue weighted by Crippen LogP contribution is 1.73. The van der Waals surface area contributed by atoms with Crippen LogP contribution in [0.25, 0.3) is 0 Å². The average molecular weight is 130 g/mol. The summed E-state index contributed by atoms with van der Waals surface area (Å²) in [6.07, 6.45) is 1.10. The molecule has 52 valence electrons. The molecular weight excluding hydrogens is 120 g/mol. The number of hydrogen-bond donors (Lipinski definition) is 0. The van der Waals surface area contributed by atoms with Gasteiger partial charge < -0.3 is 9.75 Å². The van der Waals surface area contributed by atoms with E-state index in [9.17, 15) is 4.79 Å². The van der Waals surface area contributed by atoms with Crippen molar-refractivity contribution < 1.29 is 9.53 Å². The van der Waals surface area contributed by atoms with Gasteiger partial charge >= 0.3 is 5.97 Å². The van der Waals surface area contributed by atoms with Crippen molar-refractivity contribution in [2.75, 3.05) is 14.1 Å². The van der Waals surface area contributed by atoms with Crippen LogP contribution in [0.2, 0.25) is 0 Å². The Kier molecular flexibility index (Phi) is 3.43. The summed E-state index contributed by atoms with van der Waals surface area (Å²) in [5, 5.41) is 5.16. The zero-order valence-corrected chi connectivity index (χ0v) is 5.79. The highest BCUT2D eigenvalue weighted by molar-refractivity contribution is 5.75. The summed E-state index contributed by atoms with van der Waals surface area (Å²) in [6.45, 7) is 1.32. The Morgan fingerprint density at radius 3 is 2.56 bits per heavy atom. The average Bonchev–Trinajstić information content (AvgIpc) is 1.63. The Balaban J connectivity index is 3.36. The molecule has 0 aromatic rings. The summed E-state index contributed by atoms with van der Waals surface area (Å²) in [5.74, 6) is -0.361. The molecule has 0 amide bonds. The molecule has 0 aliphatic heterocycles. The van der Waals surface area contributed by atoms with E-state index in [1.165, 1.54) is 11.9 Å². The van der Waals surface area contributed by atoms with Crippen LogP contribution in [-0.4, -0.2) is 31.5 Å². The monoisotopic (exact) mass is 130 g/mol. The molecule has 0 saturated heterocycles. The third kappa shape index (κ3) is 6.94. The molecule has 4 nitrogen and oxygen atoms in total. The second-order valence-corrected chi connectivity index (χ2v) is 1.68. The summed E-state index contributed by atoms with van der Waals surface area (Å²) < 4.78 is 4.38. The van der Waals surface area contributed by atoms with E-state index in [-0.39, 0.29) is 5.97 Å². The normalized spacial score (nSPS) is 9.67. The van der Waals surface area contributed by atoms with Crippen molar-refractivity contribution in [1.82, 2.24) is 5.01 Å². The van der Waals surface area contributed by atoms with Crippen LogP contribution in [0.15, 0.2) is 5.10 Å². The molecule has 0 heterocycles. The minimum Gasteiger partial charge on any atom is -0.413 e. The fourth-order valence-electron chi connectivity index (χ4n) is 0.192. The number of carbonyl (C=O) groups is 1. The summed E-state index contributed by atoms with van der Waals surface area (Å²) in [7, 11) is 3.47. The van der Waals surface area contributed by atoms with Gasteiger partial charge in [0.2, 0.25) is 6.40 Å². The van der Waals surface area contributed by atoms with Crippen molar-refractivity contribution in [3.63, 3.8) is 0 Å². The molecule has 9 heavy (non-hydrogen) atoms. The molecule has 4 heteroatoms. The van der Waals surface area contributed by atoms with Gasteiger partial charge in [0.15, 0.2) is 0 Å². The Morgan fingerprint density at radius 1 is 1.67 bits per heavy atom. The first-order valence-electron chi connectivity index (χ1n) is 2.50. The highest BCUT2D eigenvalue weighted by atomic mass is 16.5. The van der Waals surface area contributed by atoms with Crippen LogP contribution >= 0.6 is 0 Å². The van der Waals surface area contributed by atoms with E-state index in [1.54, 1.807) is 14.1 Å². The van der Waals surface area contributed by atoms with Crippen LogP contribution in [0, 0.1) is 0 Å². The van der Waals surface area contributed by atoms with Gasteiger partial charge in [0.05, 0.1) is 0 Å². The van der Waals surface area contributed by atoms with Gasteiger partial charge in [-0.3, -0.25) is 4.79 Å². The number of ether oxygens (including phenoxy) is 1. The first-order valence-corrected chi connectivity index (χ1v) is 2.50.